The summed E-state index contributed by atoms with van der Waals surface area (Å²) in [6.07, 6.45) is 1.62. The lowest BCUT2D eigenvalue weighted by Gasteiger charge is -2.31. The fourth-order valence-corrected chi connectivity index (χ4v) is 4.61. The number of anilines is 1. The smallest absolute Gasteiger partial charge is 0.253 e. The Kier molecular flexibility index (Phi) is 8.61. The number of para-hydroxylation sites is 1. The molecule has 1 saturated heterocycles. The van der Waals surface area contributed by atoms with E-state index in [0.717, 1.165) is 19.4 Å². The van der Waals surface area contributed by atoms with Crippen molar-refractivity contribution in [2.45, 2.75) is 33.2 Å². The lowest BCUT2D eigenvalue weighted by molar-refractivity contribution is -0.121. The maximum absolute atomic E-state index is 13.1. The van der Waals surface area contributed by atoms with Crippen LogP contribution in [0.1, 0.15) is 42.9 Å². The van der Waals surface area contributed by atoms with E-state index in [9.17, 15) is 9.59 Å². The van der Waals surface area contributed by atoms with Gasteiger partial charge in [0.2, 0.25) is 17.6 Å². The number of rotatable bonds is 8. The predicted molar refractivity (Wildman–Crippen MR) is 140 cm³/mol. The first-order valence-electron chi connectivity index (χ1n) is 12.0. The Morgan fingerprint density at radius 1 is 1.19 bits per heavy atom. The molecule has 0 bridgehead atoms. The molecule has 10 heteroatoms. The molecule has 1 aliphatic heterocycles. The van der Waals surface area contributed by atoms with Gasteiger partial charge in [-0.3, -0.25) is 14.5 Å². The van der Waals surface area contributed by atoms with Crippen molar-refractivity contribution in [2.75, 3.05) is 25.0 Å². The number of nitrogens with one attached hydrogen (secondary N) is 2. The topological polar surface area (TPSA) is 100 Å². The fraction of sp³-hybridized carbons (Fsp3) is 0.385. The maximum atomic E-state index is 13.1. The molecule has 2 heterocycles. The van der Waals surface area contributed by atoms with E-state index < -0.39 is 0 Å². The zero-order chi connectivity index (χ0) is 25.7. The SMILES string of the molecule is CC(C)CNC(=O)c1ccccc1NC(=O)C1CCCN(Cc2nc(-c3ccc(Cl)cc3Cl)no2)C1. The highest BCUT2D eigenvalue weighted by Crippen LogP contribution is 2.29. The van der Waals surface area contributed by atoms with Crippen molar-refractivity contribution in [1.29, 1.82) is 0 Å². The van der Waals surface area contributed by atoms with Crippen LogP contribution in [-0.2, 0) is 11.3 Å². The molecule has 1 aliphatic rings. The molecule has 8 nitrogen and oxygen atoms in total. The van der Waals surface area contributed by atoms with Crippen molar-refractivity contribution in [1.82, 2.24) is 20.4 Å². The van der Waals surface area contributed by atoms with Crippen molar-refractivity contribution < 1.29 is 14.1 Å². The van der Waals surface area contributed by atoms with Gasteiger partial charge >= 0.3 is 0 Å². The molecule has 4 rings (SSSR count). The summed E-state index contributed by atoms with van der Waals surface area (Å²) in [6.45, 7) is 6.43. The van der Waals surface area contributed by atoms with E-state index in [1.165, 1.54) is 0 Å². The number of hydrogen-bond acceptors (Lipinski definition) is 6. The van der Waals surface area contributed by atoms with Gasteiger partial charge in [-0.15, -0.1) is 0 Å². The summed E-state index contributed by atoms with van der Waals surface area (Å²) >= 11 is 12.2. The van der Waals surface area contributed by atoms with Crippen LogP contribution < -0.4 is 10.6 Å². The van der Waals surface area contributed by atoms with Crippen molar-refractivity contribution in [3.8, 4) is 11.4 Å². The van der Waals surface area contributed by atoms with Crippen LogP contribution >= 0.6 is 23.2 Å². The molecule has 2 N–H and O–H groups in total. The van der Waals surface area contributed by atoms with Gasteiger partial charge in [-0.1, -0.05) is 54.3 Å². The normalized spacial score (nSPS) is 16.2. The molecule has 1 fully saturated rings. The van der Waals surface area contributed by atoms with Crippen molar-refractivity contribution in [3.05, 3.63) is 64.0 Å². The van der Waals surface area contributed by atoms with Crippen LogP contribution in [0.4, 0.5) is 5.69 Å². The molecule has 0 radical (unpaired) electrons. The Balaban J connectivity index is 1.38. The lowest BCUT2D eigenvalue weighted by atomic mass is 9.96. The van der Waals surface area contributed by atoms with Gasteiger partial charge < -0.3 is 15.2 Å². The van der Waals surface area contributed by atoms with Crippen molar-refractivity contribution in [2.24, 2.45) is 11.8 Å². The van der Waals surface area contributed by atoms with Crippen molar-refractivity contribution in [3.63, 3.8) is 0 Å². The highest BCUT2D eigenvalue weighted by molar-refractivity contribution is 6.36. The lowest BCUT2D eigenvalue weighted by Crippen LogP contribution is -2.40. The van der Waals surface area contributed by atoms with Gasteiger partial charge in [-0.25, -0.2) is 0 Å². The first kappa shape index (κ1) is 26.1. The van der Waals surface area contributed by atoms with Gasteiger partial charge in [0.05, 0.1) is 28.7 Å². The summed E-state index contributed by atoms with van der Waals surface area (Å²) in [5.41, 5.74) is 1.61. The summed E-state index contributed by atoms with van der Waals surface area (Å²) in [5.74, 6) is 0.649. The molecular formula is C26H29Cl2N5O3. The zero-order valence-electron chi connectivity index (χ0n) is 20.3. The minimum Gasteiger partial charge on any atom is -0.352 e. The van der Waals surface area contributed by atoms with Gasteiger partial charge in [0.25, 0.3) is 5.91 Å². The monoisotopic (exact) mass is 529 g/mol. The zero-order valence-corrected chi connectivity index (χ0v) is 21.8. The molecule has 0 saturated carbocycles. The molecule has 2 amide bonds. The van der Waals surface area contributed by atoms with Crippen LogP contribution in [0, 0.1) is 11.8 Å². The number of piperidine rings is 1. The van der Waals surface area contributed by atoms with Gasteiger partial charge in [0, 0.05) is 23.7 Å². The van der Waals surface area contributed by atoms with Crippen LogP contribution in [0.3, 0.4) is 0 Å². The van der Waals surface area contributed by atoms with Crippen LogP contribution in [0.25, 0.3) is 11.4 Å². The first-order valence-corrected chi connectivity index (χ1v) is 12.7. The number of carbonyl (C=O) groups is 2. The molecule has 1 atom stereocenters. The fourth-order valence-electron chi connectivity index (χ4n) is 4.12. The third kappa shape index (κ3) is 6.63. The summed E-state index contributed by atoms with van der Waals surface area (Å²) in [6, 6.07) is 12.2. The van der Waals surface area contributed by atoms with E-state index in [1.807, 2.05) is 19.9 Å². The van der Waals surface area contributed by atoms with Gasteiger partial charge in [0.15, 0.2) is 0 Å². The third-order valence-electron chi connectivity index (χ3n) is 5.98. The molecule has 1 unspecified atom stereocenters. The minimum atomic E-state index is -0.223. The number of nitrogens with zero attached hydrogens (tertiary/aromatic N) is 3. The number of halogens is 2. The van der Waals surface area contributed by atoms with Crippen LogP contribution in [0.15, 0.2) is 47.0 Å². The molecule has 0 spiro atoms. The number of aromatic nitrogens is 2. The quantitative estimate of drug-likeness (QED) is 0.411. The average molecular weight is 530 g/mol. The molecule has 1 aromatic heterocycles. The van der Waals surface area contributed by atoms with Crippen LogP contribution in [0.5, 0.6) is 0 Å². The van der Waals surface area contributed by atoms with Gasteiger partial charge in [0.1, 0.15) is 0 Å². The molecule has 190 valence electrons. The first-order chi connectivity index (χ1) is 17.3. The van der Waals surface area contributed by atoms with E-state index in [1.54, 1.807) is 36.4 Å². The number of benzene rings is 2. The Bertz CT molecular complexity index is 1230. The summed E-state index contributed by atoms with van der Waals surface area (Å²) < 4.78 is 5.44. The summed E-state index contributed by atoms with van der Waals surface area (Å²) in [7, 11) is 0. The Hall–Kier alpha value is -2.94. The number of amides is 2. The third-order valence-corrected chi connectivity index (χ3v) is 6.52. The predicted octanol–water partition coefficient (Wildman–Crippen LogP) is 5.28. The molecule has 36 heavy (non-hydrogen) atoms. The van der Waals surface area contributed by atoms with Gasteiger partial charge in [-0.2, -0.15) is 4.98 Å². The van der Waals surface area contributed by atoms with E-state index in [0.29, 0.717) is 64.1 Å². The largest absolute Gasteiger partial charge is 0.352 e. The van der Waals surface area contributed by atoms with Crippen LogP contribution in [0.2, 0.25) is 10.0 Å². The second-order valence-corrected chi connectivity index (χ2v) is 10.2. The highest BCUT2D eigenvalue weighted by Gasteiger charge is 2.28. The molecule has 0 aliphatic carbocycles. The Labute approximate surface area is 220 Å². The number of likely N-dealkylation sites (tertiary alicyclic amines) is 1. The molecule has 3 aromatic rings. The second-order valence-electron chi connectivity index (χ2n) is 9.35. The number of carbonyl (C=O) groups excluding carboxylic acids is 2. The minimum absolute atomic E-state index is 0.108. The molecular weight excluding hydrogens is 501 g/mol. The summed E-state index contributed by atoms with van der Waals surface area (Å²) in [5, 5.41) is 10.9. The van der Waals surface area contributed by atoms with Crippen LogP contribution in [-0.4, -0.2) is 46.5 Å². The summed E-state index contributed by atoms with van der Waals surface area (Å²) in [4.78, 5) is 32.3. The second kappa shape index (κ2) is 11.9. The Morgan fingerprint density at radius 3 is 2.78 bits per heavy atom. The van der Waals surface area contributed by atoms with E-state index >= 15 is 0 Å². The highest BCUT2D eigenvalue weighted by atomic mass is 35.5. The molecule has 2 aromatic carbocycles. The van der Waals surface area contributed by atoms with Crippen molar-refractivity contribution >= 4 is 40.7 Å². The number of hydrogen-bond donors (Lipinski definition) is 2. The maximum Gasteiger partial charge on any atom is 0.253 e. The standard InChI is InChI=1S/C26H29Cl2N5O3/c1-16(2)13-29-26(35)20-7-3-4-8-22(20)30-25(34)17-6-5-11-33(14-17)15-23-31-24(32-36-23)19-10-9-18(27)12-21(19)28/h3-4,7-10,12,16-17H,5-6,11,13-15H2,1-2H3,(H,29,35)(H,30,34). The van der Waals surface area contributed by atoms with E-state index in [-0.39, 0.29) is 17.7 Å². The van der Waals surface area contributed by atoms with E-state index in [2.05, 4.69) is 25.7 Å². The Morgan fingerprint density at radius 2 is 2.00 bits per heavy atom. The van der Waals surface area contributed by atoms with E-state index in [4.69, 9.17) is 27.7 Å². The van der Waals surface area contributed by atoms with Gasteiger partial charge in [-0.05, 0) is 55.6 Å². The average Bonchev–Trinajstić information content (AvgIpc) is 3.31.